The van der Waals surface area contributed by atoms with E-state index in [0.29, 0.717) is 28.5 Å². The number of anilines is 1. The lowest BCUT2D eigenvalue weighted by molar-refractivity contribution is 0.102. The lowest BCUT2D eigenvalue weighted by atomic mass is 10.1. The summed E-state index contributed by atoms with van der Waals surface area (Å²) in [5.74, 6) is 1.53. The summed E-state index contributed by atoms with van der Waals surface area (Å²) in [6.07, 6.45) is 0. The quantitative estimate of drug-likeness (QED) is 0.921. The van der Waals surface area contributed by atoms with E-state index in [2.05, 4.69) is 5.32 Å². The molecule has 2 aromatic rings. The van der Waals surface area contributed by atoms with Crippen LogP contribution in [0, 0.1) is 6.92 Å². The largest absolute Gasteiger partial charge is 0.496 e. The zero-order valence-electron chi connectivity index (χ0n) is 13.1. The number of hydrogen-bond donors (Lipinski definition) is 1. The Morgan fingerprint density at radius 3 is 2.23 bits per heavy atom. The molecule has 1 amide bonds. The monoisotopic (exact) mass is 301 g/mol. The van der Waals surface area contributed by atoms with E-state index in [9.17, 15) is 4.79 Å². The lowest BCUT2D eigenvalue weighted by Crippen LogP contribution is -2.14. The number of para-hydroxylation sites is 1. The standard InChI is InChI=1S/C17H19NO4/c1-11-14(20-2)10-9-13(16(11)22-4)18-17(19)12-7-5-6-8-15(12)21-3/h5-10H,1-4H3,(H,18,19). The van der Waals surface area contributed by atoms with Gasteiger partial charge in [-0.2, -0.15) is 0 Å². The number of amides is 1. The predicted octanol–water partition coefficient (Wildman–Crippen LogP) is 3.27. The minimum atomic E-state index is -0.264. The van der Waals surface area contributed by atoms with Crippen LogP contribution in [0.15, 0.2) is 36.4 Å². The Kier molecular flexibility index (Phi) is 4.88. The van der Waals surface area contributed by atoms with Gasteiger partial charge in [0.25, 0.3) is 5.91 Å². The van der Waals surface area contributed by atoms with E-state index in [4.69, 9.17) is 14.2 Å². The Hall–Kier alpha value is -2.69. The van der Waals surface area contributed by atoms with Gasteiger partial charge < -0.3 is 19.5 Å². The van der Waals surface area contributed by atoms with Crippen LogP contribution in [-0.2, 0) is 0 Å². The highest BCUT2D eigenvalue weighted by molar-refractivity contribution is 6.07. The molecule has 0 aliphatic heterocycles. The summed E-state index contributed by atoms with van der Waals surface area (Å²) in [5, 5.41) is 2.85. The fraction of sp³-hybridized carbons (Fsp3) is 0.235. The highest BCUT2D eigenvalue weighted by atomic mass is 16.5. The maximum atomic E-state index is 12.4. The van der Waals surface area contributed by atoms with Crippen LogP contribution >= 0.6 is 0 Å². The molecule has 0 atom stereocenters. The van der Waals surface area contributed by atoms with Crippen LogP contribution in [-0.4, -0.2) is 27.2 Å². The lowest BCUT2D eigenvalue weighted by Gasteiger charge is -2.15. The van der Waals surface area contributed by atoms with Gasteiger partial charge in [0.05, 0.1) is 32.6 Å². The van der Waals surface area contributed by atoms with Crippen molar-refractivity contribution in [2.24, 2.45) is 0 Å². The minimum Gasteiger partial charge on any atom is -0.496 e. The van der Waals surface area contributed by atoms with Crippen molar-refractivity contribution in [2.45, 2.75) is 6.92 Å². The topological polar surface area (TPSA) is 56.8 Å². The Labute approximate surface area is 129 Å². The second-order valence-electron chi connectivity index (χ2n) is 4.63. The van der Waals surface area contributed by atoms with Crippen molar-refractivity contribution in [1.82, 2.24) is 0 Å². The molecule has 0 saturated carbocycles. The molecule has 5 nitrogen and oxygen atoms in total. The van der Waals surface area contributed by atoms with Crippen LogP contribution in [0.2, 0.25) is 0 Å². The van der Waals surface area contributed by atoms with E-state index in [1.54, 1.807) is 44.6 Å². The van der Waals surface area contributed by atoms with Gasteiger partial charge in [-0.3, -0.25) is 4.79 Å². The van der Waals surface area contributed by atoms with Crippen LogP contribution in [0.25, 0.3) is 0 Å². The molecule has 0 radical (unpaired) electrons. The number of benzene rings is 2. The molecule has 0 bridgehead atoms. The second-order valence-corrected chi connectivity index (χ2v) is 4.63. The molecule has 0 unspecified atom stereocenters. The van der Waals surface area contributed by atoms with Gasteiger partial charge in [0.1, 0.15) is 17.2 Å². The first-order valence-electron chi connectivity index (χ1n) is 6.78. The highest BCUT2D eigenvalue weighted by Gasteiger charge is 2.16. The van der Waals surface area contributed by atoms with Gasteiger partial charge in [-0.1, -0.05) is 12.1 Å². The first-order chi connectivity index (χ1) is 10.6. The molecule has 2 aromatic carbocycles. The van der Waals surface area contributed by atoms with E-state index < -0.39 is 0 Å². The Morgan fingerprint density at radius 2 is 1.59 bits per heavy atom. The summed E-state index contributed by atoms with van der Waals surface area (Å²) in [4.78, 5) is 12.4. The molecular weight excluding hydrogens is 282 g/mol. The zero-order chi connectivity index (χ0) is 16.1. The maximum Gasteiger partial charge on any atom is 0.259 e. The molecule has 0 fully saturated rings. The molecule has 5 heteroatoms. The third kappa shape index (κ3) is 2.98. The molecule has 0 heterocycles. The van der Waals surface area contributed by atoms with Crippen LogP contribution in [0.5, 0.6) is 17.2 Å². The number of rotatable bonds is 5. The van der Waals surface area contributed by atoms with Crippen molar-refractivity contribution in [3.05, 3.63) is 47.5 Å². The minimum absolute atomic E-state index is 0.264. The first kappa shape index (κ1) is 15.7. The summed E-state index contributed by atoms with van der Waals surface area (Å²) in [7, 11) is 4.68. The van der Waals surface area contributed by atoms with Gasteiger partial charge in [0.2, 0.25) is 0 Å². The SMILES string of the molecule is COc1ccccc1C(=O)Nc1ccc(OC)c(C)c1OC. The molecule has 2 rings (SSSR count). The molecule has 22 heavy (non-hydrogen) atoms. The van der Waals surface area contributed by atoms with Crippen LogP contribution in [0.4, 0.5) is 5.69 Å². The van der Waals surface area contributed by atoms with Gasteiger partial charge in [-0.25, -0.2) is 0 Å². The highest BCUT2D eigenvalue weighted by Crippen LogP contribution is 2.35. The smallest absolute Gasteiger partial charge is 0.259 e. The van der Waals surface area contributed by atoms with Crippen molar-refractivity contribution in [3.63, 3.8) is 0 Å². The van der Waals surface area contributed by atoms with Crippen molar-refractivity contribution in [3.8, 4) is 17.2 Å². The maximum absolute atomic E-state index is 12.4. The van der Waals surface area contributed by atoms with E-state index in [1.807, 2.05) is 13.0 Å². The summed E-state index contributed by atoms with van der Waals surface area (Å²) in [6, 6.07) is 10.6. The van der Waals surface area contributed by atoms with Gasteiger partial charge >= 0.3 is 0 Å². The molecule has 0 spiro atoms. The molecule has 0 saturated heterocycles. The molecule has 1 N–H and O–H groups in total. The third-order valence-electron chi connectivity index (χ3n) is 3.38. The summed E-state index contributed by atoms with van der Waals surface area (Å²) < 4.78 is 15.9. The van der Waals surface area contributed by atoms with E-state index in [1.165, 1.54) is 7.11 Å². The van der Waals surface area contributed by atoms with Crippen molar-refractivity contribution >= 4 is 11.6 Å². The molecular formula is C17H19NO4. The Bertz CT molecular complexity index is 682. The van der Waals surface area contributed by atoms with Crippen LogP contribution in [0.3, 0.4) is 0 Å². The third-order valence-corrected chi connectivity index (χ3v) is 3.38. The van der Waals surface area contributed by atoms with E-state index in [-0.39, 0.29) is 5.91 Å². The van der Waals surface area contributed by atoms with Crippen molar-refractivity contribution < 1.29 is 19.0 Å². The summed E-state index contributed by atoms with van der Waals surface area (Å²) in [5.41, 5.74) is 1.86. The number of hydrogen-bond acceptors (Lipinski definition) is 4. The Morgan fingerprint density at radius 1 is 0.909 bits per heavy atom. The molecule has 116 valence electrons. The molecule has 0 aromatic heterocycles. The van der Waals surface area contributed by atoms with Crippen molar-refractivity contribution in [2.75, 3.05) is 26.6 Å². The normalized spacial score (nSPS) is 10.0. The number of methoxy groups -OCH3 is 3. The predicted molar refractivity (Wildman–Crippen MR) is 85.2 cm³/mol. The number of ether oxygens (including phenoxy) is 3. The van der Waals surface area contributed by atoms with Gasteiger partial charge in [0, 0.05) is 5.56 Å². The number of nitrogens with one attached hydrogen (secondary N) is 1. The fourth-order valence-electron chi connectivity index (χ4n) is 2.28. The van der Waals surface area contributed by atoms with Gasteiger partial charge in [0.15, 0.2) is 0 Å². The van der Waals surface area contributed by atoms with E-state index >= 15 is 0 Å². The summed E-state index contributed by atoms with van der Waals surface area (Å²) >= 11 is 0. The average molecular weight is 301 g/mol. The van der Waals surface area contributed by atoms with Gasteiger partial charge in [-0.15, -0.1) is 0 Å². The number of carbonyl (C=O) groups excluding carboxylic acids is 1. The van der Waals surface area contributed by atoms with Gasteiger partial charge in [-0.05, 0) is 31.2 Å². The second kappa shape index (κ2) is 6.85. The molecule has 0 aliphatic rings. The average Bonchev–Trinajstić information content (AvgIpc) is 2.55. The van der Waals surface area contributed by atoms with Crippen LogP contribution < -0.4 is 19.5 Å². The number of carbonyl (C=O) groups is 1. The van der Waals surface area contributed by atoms with Crippen LogP contribution in [0.1, 0.15) is 15.9 Å². The zero-order valence-corrected chi connectivity index (χ0v) is 13.1. The fourth-order valence-corrected chi connectivity index (χ4v) is 2.28. The summed E-state index contributed by atoms with van der Waals surface area (Å²) in [6.45, 7) is 1.87. The van der Waals surface area contributed by atoms with Crippen molar-refractivity contribution in [1.29, 1.82) is 0 Å². The Balaban J connectivity index is 2.34. The van der Waals surface area contributed by atoms with E-state index in [0.717, 1.165) is 5.56 Å². The first-order valence-corrected chi connectivity index (χ1v) is 6.78. The molecule has 0 aliphatic carbocycles.